The summed E-state index contributed by atoms with van der Waals surface area (Å²) in [5, 5.41) is 11.2. The molecule has 0 aliphatic heterocycles. The van der Waals surface area contributed by atoms with Crippen molar-refractivity contribution in [1.29, 1.82) is 0 Å². The molecule has 0 aliphatic rings. The smallest absolute Gasteiger partial charge is 0.323 e. The molecule has 0 amide bonds. The van der Waals surface area contributed by atoms with Gasteiger partial charge >= 0.3 is 5.97 Å². The Morgan fingerprint density at radius 3 is 2.83 bits per heavy atom. The maximum atomic E-state index is 11.5. The Labute approximate surface area is 137 Å². The lowest BCUT2D eigenvalue weighted by molar-refractivity contribution is -0.384. The topological polar surface area (TPSA) is 109 Å². The third-order valence-electron chi connectivity index (χ3n) is 3.10. The second-order valence-corrected chi connectivity index (χ2v) is 5.16. The number of non-ortho nitro benzene ring substituents is 1. The van der Waals surface area contributed by atoms with Crippen LogP contribution in [-0.2, 0) is 16.0 Å². The van der Waals surface area contributed by atoms with Gasteiger partial charge in [-0.1, -0.05) is 11.6 Å². The zero-order valence-electron chi connectivity index (χ0n) is 12.3. The first-order valence-corrected chi connectivity index (χ1v) is 7.25. The van der Waals surface area contributed by atoms with E-state index in [0.29, 0.717) is 22.1 Å². The zero-order valence-corrected chi connectivity index (χ0v) is 13.1. The van der Waals surface area contributed by atoms with Gasteiger partial charge in [-0.05, 0) is 25.1 Å². The van der Waals surface area contributed by atoms with E-state index >= 15 is 0 Å². The number of esters is 1. The number of hydrogen-bond donors (Lipinski definition) is 1. The van der Waals surface area contributed by atoms with Crippen molar-refractivity contribution in [3.8, 4) is 11.3 Å². The van der Waals surface area contributed by atoms with Gasteiger partial charge in [-0.3, -0.25) is 14.9 Å². The predicted molar refractivity (Wildman–Crippen MR) is 84.1 cm³/mol. The zero-order chi connectivity index (χ0) is 17.0. The molecule has 0 fully saturated rings. The largest absolute Gasteiger partial charge is 0.465 e. The van der Waals surface area contributed by atoms with Gasteiger partial charge in [0.25, 0.3) is 5.69 Å². The quantitative estimate of drug-likeness (QED) is 0.492. The summed E-state index contributed by atoms with van der Waals surface area (Å²) in [5.74, 6) is 0.312. The lowest BCUT2D eigenvalue weighted by Crippen LogP contribution is -2.34. The van der Waals surface area contributed by atoms with E-state index in [4.69, 9.17) is 26.5 Å². The number of carbonyl (C=O) groups is 1. The molecular weight excluding hydrogens is 324 g/mol. The number of nitro benzene ring substituents is 1. The highest BCUT2D eigenvalue weighted by atomic mass is 35.5. The third kappa shape index (κ3) is 4.08. The predicted octanol–water partition coefficient (Wildman–Crippen LogP) is 2.94. The molecule has 1 unspecified atom stereocenters. The highest BCUT2D eigenvalue weighted by Gasteiger charge is 2.19. The Morgan fingerprint density at radius 1 is 1.43 bits per heavy atom. The molecule has 0 spiro atoms. The van der Waals surface area contributed by atoms with Crippen molar-refractivity contribution < 1.29 is 18.9 Å². The van der Waals surface area contributed by atoms with Crippen LogP contribution >= 0.6 is 11.6 Å². The van der Waals surface area contributed by atoms with Crippen LogP contribution < -0.4 is 5.73 Å². The first-order chi connectivity index (χ1) is 10.9. The van der Waals surface area contributed by atoms with E-state index in [-0.39, 0.29) is 18.7 Å². The molecule has 7 nitrogen and oxygen atoms in total. The standard InChI is InChI=1S/C15H15ClN2O5/c1-2-22-15(19)13(17)8-10-4-6-14(23-10)11-7-9(18(20)21)3-5-12(11)16/h3-7,13H,2,8,17H2,1H3. The summed E-state index contributed by atoms with van der Waals surface area (Å²) in [6.45, 7) is 1.94. The van der Waals surface area contributed by atoms with E-state index in [1.54, 1.807) is 19.1 Å². The Hall–Kier alpha value is -2.38. The van der Waals surface area contributed by atoms with Crippen molar-refractivity contribution in [2.24, 2.45) is 5.73 Å². The number of nitro groups is 1. The Bertz CT molecular complexity index is 728. The molecule has 2 N–H and O–H groups in total. The van der Waals surface area contributed by atoms with Gasteiger partial charge in [0.05, 0.1) is 16.6 Å². The average Bonchev–Trinajstić information content (AvgIpc) is 2.95. The van der Waals surface area contributed by atoms with Crippen LogP contribution in [0.4, 0.5) is 5.69 Å². The number of ether oxygens (including phenoxy) is 1. The molecule has 23 heavy (non-hydrogen) atoms. The molecule has 1 aromatic carbocycles. The number of carbonyl (C=O) groups excluding carboxylic acids is 1. The van der Waals surface area contributed by atoms with Crippen molar-refractivity contribution in [2.75, 3.05) is 6.61 Å². The van der Waals surface area contributed by atoms with Gasteiger partial charge in [0.15, 0.2) is 0 Å². The van der Waals surface area contributed by atoms with E-state index in [1.165, 1.54) is 18.2 Å². The van der Waals surface area contributed by atoms with E-state index in [1.807, 2.05) is 0 Å². The van der Waals surface area contributed by atoms with Crippen molar-refractivity contribution in [3.05, 3.63) is 51.2 Å². The van der Waals surface area contributed by atoms with Gasteiger partial charge < -0.3 is 14.9 Å². The molecule has 0 saturated carbocycles. The number of hydrogen-bond acceptors (Lipinski definition) is 6. The number of halogens is 1. The van der Waals surface area contributed by atoms with Crippen LogP contribution in [0.2, 0.25) is 5.02 Å². The van der Waals surface area contributed by atoms with Gasteiger partial charge in [-0.2, -0.15) is 0 Å². The van der Waals surface area contributed by atoms with Gasteiger partial charge in [0.1, 0.15) is 17.6 Å². The van der Waals surface area contributed by atoms with Crippen molar-refractivity contribution >= 4 is 23.3 Å². The van der Waals surface area contributed by atoms with Crippen LogP contribution in [0.5, 0.6) is 0 Å². The molecular formula is C15H15ClN2O5. The molecule has 0 radical (unpaired) electrons. The summed E-state index contributed by atoms with van der Waals surface area (Å²) in [5.41, 5.74) is 6.03. The van der Waals surface area contributed by atoms with Crippen LogP contribution in [-0.4, -0.2) is 23.5 Å². The van der Waals surface area contributed by atoms with Crippen LogP contribution in [0.15, 0.2) is 34.7 Å². The minimum absolute atomic E-state index is 0.0921. The van der Waals surface area contributed by atoms with Crippen molar-refractivity contribution in [2.45, 2.75) is 19.4 Å². The fourth-order valence-corrected chi connectivity index (χ4v) is 2.21. The number of furan rings is 1. The molecule has 0 saturated heterocycles. The summed E-state index contributed by atoms with van der Waals surface area (Å²) in [6, 6.07) is 6.50. The molecule has 0 aliphatic carbocycles. The monoisotopic (exact) mass is 338 g/mol. The second-order valence-electron chi connectivity index (χ2n) is 4.75. The van der Waals surface area contributed by atoms with Crippen molar-refractivity contribution in [3.63, 3.8) is 0 Å². The lowest BCUT2D eigenvalue weighted by Gasteiger charge is -2.08. The maximum Gasteiger partial charge on any atom is 0.323 e. The molecule has 2 rings (SSSR count). The number of nitrogens with zero attached hydrogens (tertiary/aromatic N) is 1. The normalized spacial score (nSPS) is 12.0. The second kappa shape index (κ2) is 7.26. The van der Waals surface area contributed by atoms with Crippen LogP contribution in [0.3, 0.4) is 0 Å². The Morgan fingerprint density at radius 2 is 2.17 bits per heavy atom. The lowest BCUT2D eigenvalue weighted by atomic mass is 10.1. The molecule has 2 aromatic rings. The van der Waals surface area contributed by atoms with Gasteiger partial charge in [-0.25, -0.2) is 0 Å². The fourth-order valence-electron chi connectivity index (χ4n) is 2.00. The van der Waals surface area contributed by atoms with Crippen LogP contribution in [0.25, 0.3) is 11.3 Å². The molecule has 1 atom stereocenters. The number of rotatable bonds is 6. The SMILES string of the molecule is CCOC(=O)C(N)Cc1ccc(-c2cc([N+](=O)[O-])ccc2Cl)o1. The molecule has 1 heterocycles. The van der Waals surface area contributed by atoms with E-state index < -0.39 is 16.9 Å². The molecule has 1 aromatic heterocycles. The molecule has 8 heteroatoms. The highest BCUT2D eigenvalue weighted by molar-refractivity contribution is 6.33. The summed E-state index contributed by atoms with van der Waals surface area (Å²) < 4.78 is 10.4. The molecule has 122 valence electrons. The minimum Gasteiger partial charge on any atom is -0.465 e. The maximum absolute atomic E-state index is 11.5. The summed E-state index contributed by atoms with van der Waals surface area (Å²) in [6.07, 6.45) is 0.158. The first kappa shape index (κ1) is 17.0. The van der Waals surface area contributed by atoms with Gasteiger partial charge in [0, 0.05) is 24.1 Å². The highest BCUT2D eigenvalue weighted by Crippen LogP contribution is 2.32. The number of nitrogens with two attached hydrogens (primary N) is 1. The Kier molecular flexibility index (Phi) is 5.36. The van der Waals surface area contributed by atoms with E-state index in [0.717, 1.165) is 0 Å². The minimum atomic E-state index is -0.838. The van der Waals surface area contributed by atoms with Gasteiger partial charge in [-0.15, -0.1) is 0 Å². The van der Waals surface area contributed by atoms with E-state index in [9.17, 15) is 14.9 Å². The van der Waals surface area contributed by atoms with E-state index in [2.05, 4.69) is 0 Å². The average molecular weight is 339 g/mol. The summed E-state index contributed by atoms with van der Waals surface area (Å²) >= 11 is 6.06. The molecule has 0 bridgehead atoms. The van der Waals surface area contributed by atoms with Gasteiger partial charge in [0.2, 0.25) is 0 Å². The number of benzene rings is 1. The first-order valence-electron chi connectivity index (χ1n) is 6.87. The van der Waals surface area contributed by atoms with Crippen LogP contribution in [0.1, 0.15) is 12.7 Å². The summed E-state index contributed by atoms with van der Waals surface area (Å²) in [4.78, 5) is 21.8. The van der Waals surface area contributed by atoms with Crippen molar-refractivity contribution in [1.82, 2.24) is 0 Å². The third-order valence-corrected chi connectivity index (χ3v) is 3.43. The Balaban J connectivity index is 2.21. The summed E-state index contributed by atoms with van der Waals surface area (Å²) in [7, 11) is 0. The van der Waals surface area contributed by atoms with Crippen LogP contribution in [0, 0.1) is 10.1 Å². The fraction of sp³-hybridized carbons (Fsp3) is 0.267.